The monoisotopic (exact) mass is 605 g/mol. The first kappa shape index (κ1) is 27.3. The maximum Gasteiger partial charge on any atom is 0.0499 e. The Hall–Kier alpha value is -4.88. The van der Waals surface area contributed by atoms with E-state index in [-0.39, 0.29) is 0 Å². The van der Waals surface area contributed by atoms with Crippen LogP contribution in [0.3, 0.4) is 0 Å². The first-order chi connectivity index (χ1) is 23.2. The Labute approximate surface area is 278 Å². The van der Waals surface area contributed by atoms with Gasteiger partial charge in [0.1, 0.15) is 0 Å². The molecular weight excluding hydrogens is 567 g/mol. The normalized spacial score (nSPS) is 24.7. The molecule has 4 bridgehead atoms. The van der Waals surface area contributed by atoms with Crippen LogP contribution < -0.4 is 4.90 Å². The van der Waals surface area contributed by atoms with Gasteiger partial charge in [0, 0.05) is 22.5 Å². The molecule has 0 aromatic heterocycles. The van der Waals surface area contributed by atoms with E-state index in [4.69, 9.17) is 0 Å². The van der Waals surface area contributed by atoms with Crippen LogP contribution in [0.25, 0.3) is 33.4 Å². The van der Waals surface area contributed by atoms with Crippen LogP contribution in [0.1, 0.15) is 49.1 Å². The smallest absolute Gasteiger partial charge is 0.0499 e. The van der Waals surface area contributed by atoms with Gasteiger partial charge in [-0.15, -0.1) is 0 Å². The minimum atomic E-state index is 0.453. The summed E-state index contributed by atoms with van der Waals surface area (Å²) in [6.45, 7) is 0. The molecule has 3 unspecified atom stereocenters. The van der Waals surface area contributed by atoms with Gasteiger partial charge in [-0.1, -0.05) is 115 Å². The summed E-state index contributed by atoms with van der Waals surface area (Å²) in [5, 5.41) is 0. The molecule has 1 spiro atoms. The molecule has 0 heterocycles. The lowest BCUT2D eigenvalue weighted by molar-refractivity contribution is -0.0478. The minimum Gasteiger partial charge on any atom is -0.310 e. The van der Waals surface area contributed by atoms with Gasteiger partial charge < -0.3 is 4.90 Å². The SMILES string of the molecule is c1ccc(-c2ccc(-c3ccc(N(c4ccccc4)c4cccc5c4C4C6CC7CC(C6)CC54C7)cc3)cc2-c2ccccc2)cc1. The van der Waals surface area contributed by atoms with Crippen molar-refractivity contribution in [2.45, 2.75) is 43.4 Å². The Morgan fingerprint density at radius 3 is 1.74 bits per heavy atom. The second kappa shape index (κ2) is 10.6. The largest absolute Gasteiger partial charge is 0.310 e. The fourth-order valence-electron chi connectivity index (χ4n) is 10.6. The molecular formula is C46H39N. The van der Waals surface area contributed by atoms with Crippen molar-refractivity contribution >= 4 is 17.1 Å². The van der Waals surface area contributed by atoms with E-state index in [2.05, 4.69) is 157 Å². The first-order valence-electron chi connectivity index (χ1n) is 17.6. The molecule has 5 aliphatic carbocycles. The molecule has 5 aliphatic rings. The summed E-state index contributed by atoms with van der Waals surface area (Å²) in [4.78, 5) is 2.54. The zero-order chi connectivity index (χ0) is 31.0. The van der Waals surface area contributed by atoms with Crippen molar-refractivity contribution in [1.82, 2.24) is 0 Å². The Morgan fingerprint density at radius 2 is 1.06 bits per heavy atom. The van der Waals surface area contributed by atoms with Crippen LogP contribution in [0, 0.1) is 17.8 Å². The predicted molar refractivity (Wildman–Crippen MR) is 195 cm³/mol. The molecule has 4 saturated carbocycles. The van der Waals surface area contributed by atoms with Crippen molar-refractivity contribution in [1.29, 1.82) is 0 Å². The number of hydrogen-bond donors (Lipinski definition) is 0. The maximum absolute atomic E-state index is 2.54. The molecule has 0 N–H and O–H groups in total. The minimum absolute atomic E-state index is 0.453. The van der Waals surface area contributed by atoms with E-state index in [9.17, 15) is 0 Å². The zero-order valence-electron chi connectivity index (χ0n) is 26.7. The summed E-state index contributed by atoms with van der Waals surface area (Å²) in [7, 11) is 0. The Bertz CT molecular complexity index is 2070. The van der Waals surface area contributed by atoms with E-state index >= 15 is 0 Å². The van der Waals surface area contributed by atoms with Crippen molar-refractivity contribution in [3.8, 4) is 33.4 Å². The van der Waals surface area contributed by atoms with Gasteiger partial charge in [0.05, 0.1) is 0 Å². The topological polar surface area (TPSA) is 3.24 Å². The highest BCUT2D eigenvalue weighted by Gasteiger charge is 2.64. The van der Waals surface area contributed by atoms with E-state index < -0.39 is 0 Å². The molecule has 6 aromatic rings. The highest BCUT2D eigenvalue weighted by Crippen LogP contribution is 2.74. The molecule has 0 amide bonds. The summed E-state index contributed by atoms with van der Waals surface area (Å²) >= 11 is 0. The van der Waals surface area contributed by atoms with E-state index in [1.807, 2.05) is 0 Å². The van der Waals surface area contributed by atoms with Gasteiger partial charge in [-0.2, -0.15) is 0 Å². The quantitative estimate of drug-likeness (QED) is 0.183. The Morgan fingerprint density at radius 1 is 0.468 bits per heavy atom. The van der Waals surface area contributed by atoms with Crippen LogP contribution in [0.5, 0.6) is 0 Å². The van der Waals surface area contributed by atoms with Crippen molar-refractivity contribution < 1.29 is 0 Å². The summed E-state index contributed by atoms with van der Waals surface area (Å²) in [6.07, 6.45) is 7.24. The molecule has 228 valence electrons. The fourth-order valence-corrected chi connectivity index (χ4v) is 10.6. The third-order valence-corrected chi connectivity index (χ3v) is 12.1. The van der Waals surface area contributed by atoms with Crippen molar-refractivity contribution in [3.05, 3.63) is 163 Å². The van der Waals surface area contributed by atoms with Crippen LogP contribution in [0.4, 0.5) is 17.1 Å². The van der Waals surface area contributed by atoms with E-state index in [0.29, 0.717) is 5.41 Å². The molecule has 4 fully saturated rings. The lowest BCUT2D eigenvalue weighted by Gasteiger charge is -2.68. The average molecular weight is 606 g/mol. The van der Waals surface area contributed by atoms with Crippen molar-refractivity contribution in [3.63, 3.8) is 0 Å². The van der Waals surface area contributed by atoms with Gasteiger partial charge in [-0.25, -0.2) is 0 Å². The van der Waals surface area contributed by atoms with Crippen LogP contribution in [0.15, 0.2) is 152 Å². The van der Waals surface area contributed by atoms with Gasteiger partial charge in [-0.05, 0) is 137 Å². The number of anilines is 3. The standard InChI is InChI=1S/C46H39N/c1-4-11-34(12-5-1)40-24-21-36(28-41(40)35-13-6-2-7-14-35)33-19-22-39(23-20-33)47(38-15-8-3-9-16-38)43-18-10-17-42-44(43)45-37-26-31-25-32(27-37)30-46(42,45)29-31/h1-24,28,31-32,37,45H,25-27,29-30H2. The molecule has 0 radical (unpaired) electrons. The second-order valence-electron chi connectivity index (χ2n) is 14.7. The van der Waals surface area contributed by atoms with Crippen LogP contribution in [-0.2, 0) is 5.41 Å². The number of fused-ring (bicyclic) bond motifs is 1. The molecule has 0 saturated heterocycles. The zero-order valence-corrected chi connectivity index (χ0v) is 26.7. The summed E-state index contributed by atoms with van der Waals surface area (Å²) < 4.78 is 0. The lowest BCUT2D eigenvalue weighted by atomic mass is 9.36. The van der Waals surface area contributed by atoms with Gasteiger partial charge in [-0.3, -0.25) is 0 Å². The number of hydrogen-bond acceptors (Lipinski definition) is 1. The maximum atomic E-state index is 2.54. The lowest BCUT2D eigenvalue weighted by Crippen LogP contribution is -2.59. The van der Waals surface area contributed by atoms with Crippen molar-refractivity contribution in [2.75, 3.05) is 4.90 Å². The van der Waals surface area contributed by atoms with Crippen LogP contribution >= 0.6 is 0 Å². The third kappa shape index (κ3) is 4.22. The van der Waals surface area contributed by atoms with Crippen LogP contribution in [-0.4, -0.2) is 0 Å². The first-order valence-corrected chi connectivity index (χ1v) is 17.6. The van der Waals surface area contributed by atoms with E-state index in [0.717, 1.165) is 23.7 Å². The summed E-state index contributed by atoms with van der Waals surface area (Å²) in [5.74, 6) is 3.52. The summed E-state index contributed by atoms with van der Waals surface area (Å²) in [6, 6.07) is 56.0. The Kier molecular flexibility index (Phi) is 6.13. The van der Waals surface area contributed by atoms with Crippen molar-refractivity contribution in [2.24, 2.45) is 17.8 Å². The molecule has 3 atom stereocenters. The highest BCUT2D eigenvalue weighted by atomic mass is 15.1. The van der Waals surface area contributed by atoms with E-state index in [1.54, 1.807) is 11.1 Å². The molecule has 0 aliphatic heterocycles. The van der Waals surface area contributed by atoms with Gasteiger partial charge in [0.25, 0.3) is 0 Å². The molecule has 1 nitrogen and oxygen atoms in total. The fraction of sp³-hybridized carbons (Fsp3) is 0.217. The summed E-state index contributed by atoms with van der Waals surface area (Å²) in [5.41, 5.74) is 15.1. The number of para-hydroxylation sites is 1. The average Bonchev–Trinajstić information content (AvgIpc) is 3.12. The molecule has 11 rings (SSSR count). The second-order valence-corrected chi connectivity index (χ2v) is 14.7. The number of nitrogens with zero attached hydrogens (tertiary/aromatic N) is 1. The van der Waals surface area contributed by atoms with Crippen LogP contribution in [0.2, 0.25) is 0 Å². The number of benzene rings is 6. The highest BCUT2D eigenvalue weighted by molar-refractivity contribution is 5.88. The molecule has 47 heavy (non-hydrogen) atoms. The molecule has 6 aromatic carbocycles. The third-order valence-electron chi connectivity index (χ3n) is 12.1. The predicted octanol–water partition coefficient (Wildman–Crippen LogP) is 12.3. The Balaban J connectivity index is 1.06. The van der Waals surface area contributed by atoms with Gasteiger partial charge in [0.15, 0.2) is 0 Å². The van der Waals surface area contributed by atoms with E-state index in [1.165, 1.54) is 82.5 Å². The number of rotatable bonds is 6. The van der Waals surface area contributed by atoms with Gasteiger partial charge in [0.2, 0.25) is 0 Å². The van der Waals surface area contributed by atoms with Gasteiger partial charge >= 0.3 is 0 Å². The molecule has 1 heteroatoms.